The Kier molecular flexibility index (Phi) is 6.17. The molecule has 2 aliphatic carbocycles. The van der Waals surface area contributed by atoms with Crippen molar-refractivity contribution >= 4 is 12.3 Å². The highest BCUT2D eigenvalue weighted by Gasteiger charge is 2.35. The van der Waals surface area contributed by atoms with E-state index in [1.165, 1.54) is 21.9 Å². The summed E-state index contributed by atoms with van der Waals surface area (Å²) in [5, 5.41) is 6.98. The summed E-state index contributed by atoms with van der Waals surface area (Å²) in [6, 6.07) is 9.90. The highest BCUT2D eigenvalue weighted by atomic mass is 19.3. The van der Waals surface area contributed by atoms with Gasteiger partial charge in [0.05, 0.1) is 6.04 Å². The molecule has 176 valence electrons. The molecule has 0 bridgehead atoms. The van der Waals surface area contributed by atoms with E-state index in [9.17, 15) is 18.4 Å². The van der Waals surface area contributed by atoms with E-state index in [4.69, 9.17) is 0 Å². The third-order valence-corrected chi connectivity index (χ3v) is 7.60. The molecule has 1 N–H and O–H groups in total. The largest absolute Gasteiger partial charge is 0.352 e. The standard InChI is InChI=1S/C25H30F2N4O2/c26-25(27)22-13-23(17-5-6-17)31(29-22)14-24(33)30-11-9-16(10-12-30)18-7-8-21(28-15-32)20-4-2-1-3-19(18)20/h1-4,13,15-18,21,25H,5-12,14H2,(H,28,32). The molecule has 2 fully saturated rings. The molecule has 8 heteroatoms. The van der Waals surface area contributed by atoms with Crippen LogP contribution in [-0.2, 0) is 16.1 Å². The molecule has 33 heavy (non-hydrogen) atoms. The summed E-state index contributed by atoms with van der Waals surface area (Å²) in [6.45, 7) is 1.40. The molecule has 1 saturated heterocycles. The van der Waals surface area contributed by atoms with E-state index in [1.54, 1.807) is 0 Å². The highest BCUT2D eigenvalue weighted by Crippen LogP contribution is 2.44. The number of piperidine rings is 1. The lowest BCUT2D eigenvalue weighted by atomic mass is 9.71. The highest BCUT2D eigenvalue weighted by molar-refractivity contribution is 5.76. The summed E-state index contributed by atoms with van der Waals surface area (Å²) in [5.74, 6) is 1.14. The van der Waals surface area contributed by atoms with Crippen molar-refractivity contribution in [2.75, 3.05) is 13.1 Å². The molecule has 1 aromatic carbocycles. The number of benzene rings is 1. The Hall–Kier alpha value is -2.77. The number of likely N-dealkylation sites (tertiary alicyclic amines) is 1. The summed E-state index contributed by atoms with van der Waals surface area (Å²) >= 11 is 0. The molecule has 1 aromatic heterocycles. The van der Waals surface area contributed by atoms with Crippen molar-refractivity contribution in [2.24, 2.45) is 5.92 Å². The smallest absolute Gasteiger partial charge is 0.282 e. The molecular formula is C25H30F2N4O2. The van der Waals surface area contributed by atoms with Crippen molar-refractivity contribution in [1.29, 1.82) is 0 Å². The Morgan fingerprint density at radius 1 is 1.09 bits per heavy atom. The second kappa shape index (κ2) is 9.23. The van der Waals surface area contributed by atoms with Crippen molar-refractivity contribution in [3.8, 4) is 0 Å². The van der Waals surface area contributed by atoms with Gasteiger partial charge in [0.2, 0.25) is 12.3 Å². The van der Waals surface area contributed by atoms with Gasteiger partial charge in [-0.15, -0.1) is 0 Å². The van der Waals surface area contributed by atoms with E-state index < -0.39 is 6.43 Å². The first kappa shape index (κ1) is 22.0. The van der Waals surface area contributed by atoms with Crippen LogP contribution in [0.25, 0.3) is 0 Å². The summed E-state index contributed by atoms with van der Waals surface area (Å²) in [7, 11) is 0. The minimum Gasteiger partial charge on any atom is -0.352 e. The van der Waals surface area contributed by atoms with E-state index in [-0.39, 0.29) is 30.1 Å². The van der Waals surface area contributed by atoms with E-state index in [0.717, 1.165) is 50.6 Å². The molecule has 2 heterocycles. The van der Waals surface area contributed by atoms with Gasteiger partial charge in [0.25, 0.3) is 6.43 Å². The summed E-state index contributed by atoms with van der Waals surface area (Å²) < 4.78 is 27.8. The van der Waals surface area contributed by atoms with Crippen LogP contribution in [0.2, 0.25) is 0 Å². The minimum absolute atomic E-state index is 0.0362. The van der Waals surface area contributed by atoms with Crippen LogP contribution < -0.4 is 5.32 Å². The van der Waals surface area contributed by atoms with E-state index in [0.29, 0.717) is 24.9 Å². The number of halogens is 2. The third-order valence-electron chi connectivity index (χ3n) is 7.60. The number of aromatic nitrogens is 2. The number of hydrogen-bond donors (Lipinski definition) is 1. The molecule has 1 aliphatic heterocycles. The van der Waals surface area contributed by atoms with E-state index in [2.05, 4.69) is 28.6 Å². The number of fused-ring (bicyclic) bond motifs is 1. The Balaban J connectivity index is 1.22. The minimum atomic E-state index is -2.62. The van der Waals surface area contributed by atoms with Gasteiger partial charge in [-0.2, -0.15) is 5.10 Å². The first-order valence-electron chi connectivity index (χ1n) is 12.0. The van der Waals surface area contributed by atoms with Gasteiger partial charge in [-0.25, -0.2) is 8.78 Å². The zero-order chi connectivity index (χ0) is 22.9. The van der Waals surface area contributed by atoms with Crippen LogP contribution in [0, 0.1) is 5.92 Å². The average molecular weight is 457 g/mol. The van der Waals surface area contributed by atoms with Gasteiger partial charge in [0.1, 0.15) is 12.2 Å². The second-order valence-electron chi connectivity index (χ2n) is 9.59. The lowest BCUT2D eigenvalue weighted by Crippen LogP contribution is -2.42. The molecule has 1 saturated carbocycles. The molecule has 0 spiro atoms. The van der Waals surface area contributed by atoms with Gasteiger partial charge in [-0.1, -0.05) is 24.3 Å². The number of rotatable bonds is 7. The van der Waals surface area contributed by atoms with Gasteiger partial charge in [-0.05, 0) is 67.6 Å². The van der Waals surface area contributed by atoms with E-state index in [1.807, 2.05) is 11.0 Å². The fraction of sp³-hybridized carbons (Fsp3) is 0.560. The zero-order valence-electron chi connectivity index (χ0n) is 18.6. The summed E-state index contributed by atoms with van der Waals surface area (Å²) in [4.78, 5) is 25.8. The molecule has 2 unspecified atom stereocenters. The number of amides is 2. The first-order chi connectivity index (χ1) is 16.0. The number of nitrogens with one attached hydrogen (secondary N) is 1. The fourth-order valence-corrected chi connectivity index (χ4v) is 5.74. The quantitative estimate of drug-likeness (QED) is 0.632. The third kappa shape index (κ3) is 4.52. The van der Waals surface area contributed by atoms with E-state index >= 15 is 0 Å². The van der Waals surface area contributed by atoms with Crippen LogP contribution in [0.4, 0.5) is 8.78 Å². The van der Waals surface area contributed by atoms with Crippen molar-refractivity contribution in [3.63, 3.8) is 0 Å². The van der Waals surface area contributed by atoms with Gasteiger partial charge in [0.15, 0.2) is 0 Å². The molecule has 2 amide bonds. The Morgan fingerprint density at radius 2 is 1.82 bits per heavy atom. The Bertz CT molecular complexity index is 1010. The monoisotopic (exact) mass is 456 g/mol. The molecule has 2 atom stereocenters. The van der Waals surface area contributed by atoms with Crippen LogP contribution in [-0.4, -0.2) is 40.1 Å². The lowest BCUT2D eigenvalue weighted by molar-refractivity contribution is -0.133. The normalized spacial score (nSPS) is 23.4. The maximum atomic E-state index is 13.1. The summed E-state index contributed by atoms with van der Waals surface area (Å²) in [6.07, 6.45) is 3.91. The lowest BCUT2D eigenvalue weighted by Gasteiger charge is -2.40. The summed E-state index contributed by atoms with van der Waals surface area (Å²) in [5.41, 5.74) is 3.06. The van der Waals surface area contributed by atoms with Crippen molar-refractivity contribution in [1.82, 2.24) is 20.0 Å². The van der Waals surface area contributed by atoms with Gasteiger partial charge < -0.3 is 10.2 Å². The topological polar surface area (TPSA) is 67.2 Å². The molecule has 5 rings (SSSR count). The predicted molar refractivity (Wildman–Crippen MR) is 119 cm³/mol. The van der Waals surface area contributed by atoms with Gasteiger partial charge in [0, 0.05) is 24.7 Å². The molecule has 3 aliphatic rings. The number of carbonyl (C=O) groups is 2. The second-order valence-corrected chi connectivity index (χ2v) is 9.59. The van der Waals surface area contributed by atoms with Crippen LogP contribution in [0.15, 0.2) is 30.3 Å². The predicted octanol–water partition coefficient (Wildman–Crippen LogP) is 4.30. The van der Waals surface area contributed by atoms with Crippen LogP contribution in [0.3, 0.4) is 0 Å². The zero-order valence-corrected chi connectivity index (χ0v) is 18.6. The van der Waals surface area contributed by atoms with Crippen molar-refractivity contribution in [3.05, 3.63) is 52.8 Å². The SMILES string of the molecule is O=CNC1CCC(C2CCN(C(=O)Cn3nc(C(F)F)cc3C3CC3)CC2)c2ccccc21. The number of hydrogen-bond acceptors (Lipinski definition) is 3. The molecule has 0 radical (unpaired) electrons. The van der Waals surface area contributed by atoms with Crippen molar-refractivity contribution in [2.45, 2.75) is 69.4 Å². The van der Waals surface area contributed by atoms with Crippen LogP contribution in [0.5, 0.6) is 0 Å². The Morgan fingerprint density at radius 3 is 2.48 bits per heavy atom. The van der Waals surface area contributed by atoms with Crippen LogP contribution in [0.1, 0.15) is 85.3 Å². The van der Waals surface area contributed by atoms with Gasteiger partial charge in [-0.3, -0.25) is 14.3 Å². The molecular weight excluding hydrogens is 426 g/mol. The first-order valence-corrected chi connectivity index (χ1v) is 12.0. The molecule has 6 nitrogen and oxygen atoms in total. The average Bonchev–Trinajstić information content (AvgIpc) is 3.59. The number of nitrogens with zero attached hydrogens (tertiary/aromatic N) is 3. The maximum Gasteiger partial charge on any atom is 0.282 e. The van der Waals surface area contributed by atoms with Crippen molar-refractivity contribution < 1.29 is 18.4 Å². The van der Waals surface area contributed by atoms with Gasteiger partial charge >= 0.3 is 0 Å². The maximum absolute atomic E-state index is 13.1. The number of alkyl halides is 2. The fourth-order valence-electron chi connectivity index (χ4n) is 5.74. The van der Waals surface area contributed by atoms with Crippen LogP contribution >= 0.6 is 0 Å². The molecule has 2 aromatic rings. The number of carbonyl (C=O) groups excluding carboxylic acids is 2. The Labute approximate surface area is 192 Å².